The van der Waals surface area contributed by atoms with Crippen LogP contribution >= 0.6 is 11.3 Å². The third-order valence-electron chi connectivity index (χ3n) is 4.53. The lowest BCUT2D eigenvalue weighted by molar-refractivity contribution is 0.318. The number of fused-ring (bicyclic) bond motifs is 1. The second kappa shape index (κ2) is 5.78. The van der Waals surface area contributed by atoms with Crippen molar-refractivity contribution in [3.05, 3.63) is 53.5 Å². The molecular weight excluding hydrogens is 328 g/mol. The maximum absolute atomic E-state index is 12.6. The third kappa shape index (κ3) is 2.71. The van der Waals surface area contributed by atoms with Gasteiger partial charge < -0.3 is 4.98 Å². The largest absolute Gasteiger partial charge is 0.358 e. The molecule has 1 aliphatic heterocycles. The second-order valence-corrected chi connectivity index (χ2v) is 9.03. The second-order valence-electron chi connectivity index (χ2n) is 5.92. The van der Waals surface area contributed by atoms with Crippen molar-refractivity contribution in [3.8, 4) is 0 Å². The molecule has 0 aliphatic carbocycles. The zero-order chi connectivity index (χ0) is 15.9. The van der Waals surface area contributed by atoms with Crippen LogP contribution in [0.25, 0.3) is 10.9 Å². The molecule has 3 heterocycles. The first-order valence-electron chi connectivity index (χ1n) is 7.76. The van der Waals surface area contributed by atoms with Crippen LogP contribution in [0.3, 0.4) is 0 Å². The van der Waals surface area contributed by atoms with Gasteiger partial charge in [-0.3, -0.25) is 0 Å². The van der Waals surface area contributed by atoms with Crippen molar-refractivity contribution < 1.29 is 8.42 Å². The van der Waals surface area contributed by atoms with Crippen LogP contribution in [0.5, 0.6) is 0 Å². The van der Waals surface area contributed by atoms with Crippen molar-refractivity contribution in [2.45, 2.75) is 23.0 Å². The minimum absolute atomic E-state index is 0.400. The molecule has 4 rings (SSSR count). The first-order valence-corrected chi connectivity index (χ1v) is 10.1. The Labute approximate surface area is 139 Å². The smallest absolute Gasteiger partial charge is 0.252 e. The lowest BCUT2D eigenvalue weighted by atomic mass is 9.95. The minimum atomic E-state index is -3.31. The van der Waals surface area contributed by atoms with Crippen LogP contribution in [0.15, 0.2) is 52.1 Å². The van der Waals surface area contributed by atoms with E-state index in [2.05, 4.69) is 23.2 Å². The number of nitrogens with zero attached hydrogens (tertiary/aromatic N) is 1. The van der Waals surface area contributed by atoms with Crippen LogP contribution < -0.4 is 0 Å². The Kier molecular flexibility index (Phi) is 3.75. The molecule has 3 aromatic rings. The van der Waals surface area contributed by atoms with E-state index in [0.29, 0.717) is 23.2 Å². The monoisotopic (exact) mass is 346 g/mol. The molecule has 1 aliphatic rings. The molecule has 120 valence electrons. The number of piperidine rings is 1. The van der Waals surface area contributed by atoms with Gasteiger partial charge in [-0.2, -0.15) is 4.31 Å². The van der Waals surface area contributed by atoms with Crippen molar-refractivity contribution in [2.75, 3.05) is 13.1 Å². The number of hydrogen-bond donors (Lipinski definition) is 1. The number of para-hydroxylation sites is 1. The molecular formula is C17H18N2O2S2. The highest BCUT2D eigenvalue weighted by molar-refractivity contribution is 7.91. The summed E-state index contributed by atoms with van der Waals surface area (Å²) in [5.41, 5.74) is 2.37. The Morgan fingerprint density at radius 1 is 1.09 bits per heavy atom. The van der Waals surface area contributed by atoms with Crippen molar-refractivity contribution in [3.63, 3.8) is 0 Å². The molecule has 1 aromatic carbocycles. The Bertz CT molecular complexity index is 872. The van der Waals surface area contributed by atoms with E-state index in [4.69, 9.17) is 0 Å². The average molecular weight is 346 g/mol. The van der Waals surface area contributed by atoms with Gasteiger partial charge in [0, 0.05) is 30.2 Å². The molecule has 23 heavy (non-hydrogen) atoms. The van der Waals surface area contributed by atoms with E-state index in [1.165, 1.54) is 22.4 Å². The lowest BCUT2D eigenvalue weighted by Gasteiger charge is -2.30. The summed E-state index contributed by atoms with van der Waals surface area (Å²) >= 11 is 1.29. The molecule has 1 N–H and O–H groups in total. The molecule has 0 radical (unpaired) electrons. The molecule has 1 saturated heterocycles. The fourth-order valence-electron chi connectivity index (χ4n) is 3.26. The van der Waals surface area contributed by atoms with Gasteiger partial charge in [0.25, 0.3) is 10.0 Å². The van der Waals surface area contributed by atoms with Gasteiger partial charge in [-0.1, -0.05) is 24.3 Å². The normalized spacial score (nSPS) is 17.7. The number of H-pyrrole nitrogens is 1. The van der Waals surface area contributed by atoms with Crippen LogP contribution in [0.1, 0.15) is 24.5 Å². The van der Waals surface area contributed by atoms with Gasteiger partial charge in [0.2, 0.25) is 0 Å². The summed E-state index contributed by atoms with van der Waals surface area (Å²) in [6, 6.07) is 13.9. The molecule has 0 atom stereocenters. The first kappa shape index (κ1) is 14.9. The average Bonchev–Trinajstić information content (AvgIpc) is 3.24. The van der Waals surface area contributed by atoms with Gasteiger partial charge in [-0.05, 0) is 41.8 Å². The predicted molar refractivity (Wildman–Crippen MR) is 93.4 cm³/mol. The van der Waals surface area contributed by atoms with E-state index in [9.17, 15) is 8.42 Å². The number of benzene rings is 1. The first-order chi connectivity index (χ1) is 11.1. The van der Waals surface area contributed by atoms with E-state index in [0.717, 1.165) is 18.4 Å². The molecule has 0 amide bonds. The quantitative estimate of drug-likeness (QED) is 0.784. The van der Waals surface area contributed by atoms with Gasteiger partial charge in [0.15, 0.2) is 0 Å². The van der Waals surface area contributed by atoms with Gasteiger partial charge in [-0.15, -0.1) is 11.3 Å². The van der Waals surface area contributed by atoms with Gasteiger partial charge >= 0.3 is 0 Å². The van der Waals surface area contributed by atoms with Crippen molar-refractivity contribution in [1.29, 1.82) is 0 Å². The standard InChI is InChI=1S/C17H18N2O2S2/c20-23(21,17-6-3-11-22-17)19-9-7-13(8-10-19)16-12-14-4-1-2-5-15(14)18-16/h1-6,11-13,18H,7-10H2. The predicted octanol–water partition coefficient (Wildman–Crippen LogP) is 3.80. The zero-order valence-corrected chi connectivity index (χ0v) is 14.2. The Morgan fingerprint density at radius 2 is 1.87 bits per heavy atom. The Morgan fingerprint density at radius 3 is 2.57 bits per heavy atom. The van der Waals surface area contributed by atoms with Gasteiger partial charge in [-0.25, -0.2) is 8.42 Å². The van der Waals surface area contributed by atoms with Crippen molar-refractivity contribution in [1.82, 2.24) is 9.29 Å². The van der Waals surface area contributed by atoms with E-state index >= 15 is 0 Å². The number of aromatic amines is 1. The summed E-state index contributed by atoms with van der Waals surface area (Å²) in [6.07, 6.45) is 1.72. The van der Waals surface area contributed by atoms with Crippen LogP contribution in [0.2, 0.25) is 0 Å². The molecule has 0 bridgehead atoms. The van der Waals surface area contributed by atoms with E-state index < -0.39 is 10.0 Å². The summed E-state index contributed by atoms with van der Waals surface area (Å²) in [4.78, 5) is 3.48. The zero-order valence-electron chi connectivity index (χ0n) is 12.6. The third-order valence-corrected chi connectivity index (χ3v) is 7.81. The molecule has 6 heteroatoms. The highest BCUT2D eigenvalue weighted by Gasteiger charge is 2.30. The maximum Gasteiger partial charge on any atom is 0.252 e. The molecule has 2 aromatic heterocycles. The number of rotatable bonds is 3. The number of aromatic nitrogens is 1. The molecule has 0 saturated carbocycles. The highest BCUT2D eigenvalue weighted by Crippen LogP contribution is 2.32. The molecule has 0 spiro atoms. The fourth-order valence-corrected chi connectivity index (χ4v) is 5.87. The summed E-state index contributed by atoms with van der Waals surface area (Å²) in [6.45, 7) is 1.17. The number of thiophene rings is 1. The van der Waals surface area contributed by atoms with E-state index in [1.807, 2.05) is 17.5 Å². The van der Waals surface area contributed by atoms with Crippen molar-refractivity contribution in [2.24, 2.45) is 0 Å². The number of sulfonamides is 1. The minimum Gasteiger partial charge on any atom is -0.358 e. The molecule has 4 nitrogen and oxygen atoms in total. The molecule has 1 fully saturated rings. The summed E-state index contributed by atoms with van der Waals surface area (Å²) in [5, 5.41) is 3.03. The lowest BCUT2D eigenvalue weighted by Crippen LogP contribution is -2.37. The maximum atomic E-state index is 12.6. The van der Waals surface area contributed by atoms with Crippen LogP contribution in [-0.4, -0.2) is 30.8 Å². The van der Waals surface area contributed by atoms with E-state index in [-0.39, 0.29) is 0 Å². The summed E-state index contributed by atoms with van der Waals surface area (Å²) in [5.74, 6) is 0.400. The number of hydrogen-bond acceptors (Lipinski definition) is 3. The van der Waals surface area contributed by atoms with Gasteiger partial charge in [0.05, 0.1) is 0 Å². The van der Waals surface area contributed by atoms with Crippen LogP contribution in [0.4, 0.5) is 0 Å². The molecule has 0 unspecified atom stereocenters. The van der Waals surface area contributed by atoms with Crippen LogP contribution in [-0.2, 0) is 10.0 Å². The van der Waals surface area contributed by atoms with Gasteiger partial charge in [0.1, 0.15) is 4.21 Å². The SMILES string of the molecule is O=S(=O)(c1cccs1)N1CCC(c2cc3ccccc3[nH]2)CC1. The highest BCUT2D eigenvalue weighted by atomic mass is 32.2. The Balaban J connectivity index is 1.51. The van der Waals surface area contributed by atoms with E-state index in [1.54, 1.807) is 16.4 Å². The summed E-state index contributed by atoms with van der Waals surface area (Å²) in [7, 11) is -3.31. The number of nitrogens with one attached hydrogen (secondary N) is 1. The van der Waals surface area contributed by atoms with Crippen molar-refractivity contribution >= 4 is 32.3 Å². The topological polar surface area (TPSA) is 53.2 Å². The van der Waals surface area contributed by atoms with Crippen LogP contribution in [0, 0.1) is 0 Å². The fraction of sp³-hybridized carbons (Fsp3) is 0.294. The summed E-state index contributed by atoms with van der Waals surface area (Å²) < 4.78 is 27.2. The Hall–Kier alpha value is -1.63.